The van der Waals surface area contributed by atoms with Gasteiger partial charge in [-0.25, -0.2) is 4.98 Å². The summed E-state index contributed by atoms with van der Waals surface area (Å²) in [5, 5.41) is 11.5. The highest BCUT2D eigenvalue weighted by molar-refractivity contribution is 6.04. The van der Waals surface area contributed by atoms with Gasteiger partial charge in [0.2, 0.25) is 5.91 Å². The second-order valence-corrected chi connectivity index (χ2v) is 3.97. The summed E-state index contributed by atoms with van der Waals surface area (Å²) in [5.41, 5.74) is -0.228. The van der Waals surface area contributed by atoms with Gasteiger partial charge in [-0.1, -0.05) is 0 Å². The SMILES string of the molecule is O=C(O)C1(C(=O)NCCc2cnc[nH]2)CC1. The van der Waals surface area contributed by atoms with Gasteiger partial charge in [-0.2, -0.15) is 0 Å². The number of H-pyrrole nitrogens is 1. The van der Waals surface area contributed by atoms with E-state index in [-0.39, 0.29) is 5.91 Å². The Kier molecular flexibility index (Phi) is 2.64. The van der Waals surface area contributed by atoms with Crippen molar-refractivity contribution in [3.63, 3.8) is 0 Å². The largest absolute Gasteiger partial charge is 0.480 e. The van der Waals surface area contributed by atoms with Gasteiger partial charge in [0, 0.05) is 24.9 Å². The highest BCUT2D eigenvalue weighted by atomic mass is 16.4. The van der Waals surface area contributed by atoms with Crippen LogP contribution in [-0.4, -0.2) is 33.5 Å². The molecule has 0 saturated heterocycles. The molecule has 0 bridgehead atoms. The summed E-state index contributed by atoms with van der Waals surface area (Å²) in [6.07, 6.45) is 4.75. The van der Waals surface area contributed by atoms with Crippen LogP contribution in [0.3, 0.4) is 0 Å². The van der Waals surface area contributed by atoms with Crippen molar-refractivity contribution in [1.29, 1.82) is 0 Å². The smallest absolute Gasteiger partial charge is 0.319 e. The number of amides is 1. The topological polar surface area (TPSA) is 95.1 Å². The zero-order valence-corrected chi connectivity index (χ0v) is 8.69. The lowest BCUT2D eigenvalue weighted by Crippen LogP contribution is -2.37. The minimum Gasteiger partial charge on any atom is -0.480 e. The van der Waals surface area contributed by atoms with Crippen molar-refractivity contribution < 1.29 is 14.7 Å². The van der Waals surface area contributed by atoms with Gasteiger partial charge in [0.05, 0.1) is 6.33 Å². The number of aromatic nitrogens is 2. The van der Waals surface area contributed by atoms with E-state index in [2.05, 4.69) is 15.3 Å². The molecular formula is C10H13N3O3. The third-order valence-electron chi connectivity index (χ3n) is 2.83. The highest BCUT2D eigenvalue weighted by Gasteiger charge is 2.56. The second kappa shape index (κ2) is 3.96. The van der Waals surface area contributed by atoms with E-state index in [1.165, 1.54) is 0 Å². The van der Waals surface area contributed by atoms with Crippen molar-refractivity contribution in [2.24, 2.45) is 5.41 Å². The summed E-state index contributed by atoms with van der Waals surface area (Å²) in [6.45, 7) is 0.427. The molecule has 1 heterocycles. The molecule has 1 aromatic rings. The van der Waals surface area contributed by atoms with Gasteiger partial charge in [0.15, 0.2) is 0 Å². The maximum Gasteiger partial charge on any atom is 0.319 e. The lowest BCUT2D eigenvalue weighted by Gasteiger charge is -2.09. The van der Waals surface area contributed by atoms with E-state index in [4.69, 9.17) is 5.11 Å². The average molecular weight is 223 g/mol. The summed E-state index contributed by atoms with van der Waals surface area (Å²) in [7, 11) is 0. The van der Waals surface area contributed by atoms with Crippen molar-refractivity contribution in [2.45, 2.75) is 19.3 Å². The van der Waals surface area contributed by atoms with Crippen LogP contribution in [0.1, 0.15) is 18.5 Å². The normalized spacial score (nSPS) is 16.8. The number of carbonyl (C=O) groups excluding carboxylic acids is 1. The van der Waals surface area contributed by atoms with Crippen LogP contribution in [0.25, 0.3) is 0 Å². The van der Waals surface area contributed by atoms with Gasteiger partial charge in [-0.05, 0) is 12.8 Å². The van der Waals surface area contributed by atoms with Gasteiger partial charge >= 0.3 is 5.97 Å². The summed E-state index contributed by atoms with van der Waals surface area (Å²) < 4.78 is 0. The van der Waals surface area contributed by atoms with Gasteiger partial charge in [0.1, 0.15) is 5.41 Å². The Morgan fingerprint density at radius 2 is 2.31 bits per heavy atom. The molecule has 6 nitrogen and oxygen atoms in total. The van der Waals surface area contributed by atoms with Crippen LogP contribution < -0.4 is 5.32 Å². The van der Waals surface area contributed by atoms with Gasteiger partial charge in [-0.3, -0.25) is 9.59 Å². The Morgan fingerprint density at radius 3 is 2.81 bits per heavy atom. The predicted octanol–water partition coefficient (Wildman–Crippen LogP) is -0.0668. The monoisotopic (exact) mass is 223 g/mol. The van der Waals surface area contributed by atoms with Crippen molar-refractivity contribution in [3.05, 3.63) is 18.2 Å². The number of rotatable bonds is 5. The number of hydrogen-bond donors (Lipinski definition) is 3. The third kappa shape index (κ3) is 1.91. The Bertz CT molecular complexity index is 395. The first-order valence-corrected chi connectivity index (χ1v) is 5.14. The summed E-state index contributed by atoms with van der Waals surface area (Å²) in [6, 6.07) is 0. The van der Waals surface area contributed by atoms with Gasteiger partial charge in [-0.15, -0.1) is 0 Å². The number of aromatic amines is 1. The van der Waals surface area contributed by atoms with Crippen LogP contribution in [-0.2, 0) is 16.0 Å². The minimum absolute atomic E-state index is 0.375. The number of aliphatic carboxylic acids is 1. The van der Waals surface area contributed by atoms with E-state index in [1.807, 2.05) is 0 Å². The summed E-state index contributed by atoms with van der Waals surface area (Å²) >= 11 is 0. The molecule has 1 aliphatic carbocycles. The fourth-order valence-electron chi connectivity index (χ4n) is 1.56. The lowest BCUT2D eigenvalue weighted by molar-refractivity contribution is -0.149. The van der Waals surface area contributed by atoms with E-state index in [0.29, 0.717) is 25.8 Å². The molecule has 1 saturated carbocycles. The molecule has 0 spiro atoms. The van der Waals surface area contributed by atoms with Crippen molar-refractivity contribution in [2.75, 3.05) is 6.54 Å². The molecule has 86 valence electrons. The number of nitrogens with zero attached hydrogens (tertiary/aromatic N) is 1. The fourth-order valence-corrected chi connectivity index (χ4v) is 1.56. The van der Waals surface area contributed by atoms with E-state index < -0.39 is 11.4 Å². The third-order valence-corrected chi connectivity index (χ3v) is 2.83. The number of carboxylic acids is 1. The maximum absolute atomic E-state index is 11.6. The molecule has 6 heteroatoms. The second-order valence-electron chi connectivity index (χ2n) is 3.97. The summed E-state index contributed by atoms with van der Waals surface area (Å²) in [4.78, 5) is 29.2. The Hall–Kier alpha value is -1.85. The first-order valence-electron chi connectivity index (χ1n) is 5.14. The van der Waals surface area contributed by atoms with Crippen LogP contribution in [0.4, 0.5) is 0 Å². The maximum atomic E-state index is 11.6. The molecule has 0 aromatic carbocycles. The number of carboxylic acid groups (broad SMARTS) is 1. The number of nitrogens with one attached hydrogen (secondary N) is 2. The molecule has 1 fully saturated rings. The average Bonchev–Trinajstić information content (AvgIpc) is 2.92. The number of hydrogen-bond acceptors (Lipinski definition) is 3. The van der Waals surface area contributed by atoms with Crippen LogP contribution in [0.2, 0.25) is 0 Å². The van der Waals surface area contributed by atoms with Crippen LogP contribution in [0.5, 0.6) is 0 Å². The van der Waals surface area contributed by atoms with E-state index in [0.717, 1.165) is 5.69 Å². The quantitative estimate of drug-likeness (QED) is 0.609. The Labute approximate surface area is 92.1 Å². The molecule has 1 aromatic heterocycles. The van der Waals surface area contributed by atoms with E-state index in [1.54, 1.807) is 12.5 Å². The van der Waals surface area contributed by atoms with E-state index >= 15 is 0 Å². The molecular weight excluding hydrogens is 210 g/mol. The van der Waals surface area contributed by atoms with Gasteiger partial charge < -0.3 is 15.4 Å². The molecule has 1 aliphatic rings. The minimum atomic E-state index is -1.14. The van der Waals surface area contributed by atoms with Crippen molar-refractivity contribution in [1.82, 2.24) is 15.3 Å². The zero-order chi connectivity index (χ0) is 11.6. The molecule has 2 rings (SSSR count). The first kappa shape index (κ1) is 10.7. The molecule has 0 atom stereocenters. The lowest BCUT2D eigenvalue weighted by atomic mass is 10.1. The standard InChI is InChI=1S/C10H13N3O3/c14-8(10(2-3-10)9(15)16)12-4-1-7-5-11-6-13-7/h5-6H,1-4H2,(H,11,13)(H,12,14)(H,15,16). The van der Waals surface area contributed by atoms with Crippen molar-refractivity contribution >= 4 is 11.9 Å². The Morgan fingerprint density at radius 1 is 1.56 bits per heavy atom. The van der Waals surface area contributed by atoms with Crippen LogP contribution in [0.15, 0.2) is 12.5 Å². The molecule has 16 heavy (non-hydrogen) atoms. The zero-order valence-electron chi connectivity index (χ0n) is 8.69. The highest BCUT2D eigenvalue weighted by Crippen LogP contribution is 2.45. The number of imidazole rings is 1. The fraction of sp³-hybridized carbons (Fsp3) is 0.500. The first-order chi connectivity index (χ1) is 7.65. The Balaban J connectivity index is 1.79. The summed E-state index contributed by atoms with van der Waals surface area (Å²) in [5.74, 6) is -1.40. The van der Waals surface area contributed by atoms with E-state index in [9.17, 15) is 9.59 Å². The number of carbonyl (C=O) groups is 2. The van der Waals surface area contributed by atoms with Crippen molar-refractivity contribution in [3.8, 4) is 0 Å². The molecule has 0 aliphatic heterocycles. The predicted molar refractivity (Wildman–Crippen MR) is 54.6 cm³/mol. The van der Waals surface area contributed by atoms with Gasteiger partial charge in [0.25, 0.3) is 0 Å². The molecule has 1 amide bonds. The van der Waals surface area contributed by atoms with Crippen LogP contribution >= 0.6 is 0 Å². The van der Waals surface area contributed by atoms with Crippen LogP contribution in [0, 0.1) is 5.41 Å². The molecule has 3 N–H and O–H groups in total. The molecule has 0 unspecified atom stereocenters. The molecule has 0 radical (unpaired) electrons.